The third-order valence-electron chi connectivity index (χ3n) is 5.90. The first-order valence-corrected chi connectivity index (χ1v) is 13.5. The van der Waals surface area contributed by atoms with E-state index >= 15 is 0 Å². The molecule has 1 aromatic rings. The van der Waals surface area contributed by atoms with Gasteiger partial charge in [-0.15, -0.1) is 0 Å². The molecule has 0 saturated carbocycles. The lowest BCUT2D eigenvalue weighted by molar-refractivity contribution is -0.120. The van der Waals surface area contributed by atoms with Gasteiger partial charge in [-0.2, -0.15) is 0 Å². The Kier molecular flexibility index (Phi) is 15.6. The lowest BCUT2D eigenvalue weighted by Crippen LogP contribution is -2.48. The summed E-state index contributed by atoms with van der Waals surface area (Å²) in [6, 6.07) is 3.53. The van der Waals surface area contributed by atoms with Gasteiger partial charge in [-0.3, -0.25) is 9.59 Å². The molecule has 2 N–H and O–H groups in total. The molecule has 1 aromatic carbocycles. The Morgan fingerprint density at radius 3 is 2.17 bits per heavy atom. The molecule has 0 aliphatic rings. The Bertz CT molecular complexity index is 842. The number of nitrogens with zero attached hydrogens (tertiary/aromatic N) is 2. The summed E-state index contributed by atoms with van der Waals surface area (Å²) < 4.78 is 0. The zero-order valence-electron chi connectivity index (χ0n) is 24.1. The van der Waals surface area contributed by atoms with Crippen molar-refractivity contribution in [1.29, 1.82) is 0 Å². The molecule has 206 valence electrons. The molecule has 7 nitrogen and oxygen atoms in total. The second-order valence-electron chi connectivity index (χ2n) is 9.95. The number of halogens is 1. The Balaban J connectivity index is 0.00000387. The third kappa shape index (κ3) is 9.74. The highest BCUT2D eigenvalue weighted by molar-refractivity contribution is 6.34. The van der Waals surface area contributed by atoms with Gasteiger partial charge in [0, 0.05) is 56.3 Å². The van der Waals surface area contributed by atoms with Crippen LogP contribution >= 0.6 is 11.6 Å². The number of likely N-dealkylation sites (N-methyl/N-ethyl adjacent to an activating group) is 2. The Morgan fingerprint density at radius 1 is 1.14 bits per heavy atom. The minimum absolute atomic E-state index is 0.0107. The van der Waals surface area contributed by atoms with Crippen LogP contribution in [0, 0.1) is 0 Å². The summed E-state index contributed by atoms with van der Waals surface area (Å²) in [5, 5.41) is 6.36. The van der Waals surface area contributed by atoms with Gasteiger partial charge < -0.3 is 25.2 Å². The van der Waals surface area contributed by atoms with Crippen LogP contribution in [0.25, 0.3) is 0 Å². The van der Waals surface area contributed by atoms with E-state index in [9.17, 15) is 14.4 Å². The highest BCUT2D eigenvalue weighted by Crippen LogP contribution is 2.36. The summed E-state index contributed by atoms with van der Waals surface area (Å²) in [6.07, 6.45) is 3.36. The molecule has 0 bridgehead atoms. The Labute approximate surface area is 224 Å². The van der Waals surface area contributed by atoms with Gasteiger partial charge in [0.1, 0.15) is 6.29 Å². The van der Waals surface area contributed by atoms with Crippen LogP contribution in [-0.4, -0.2) is 68.8 Å². The van der Waals surface area contributed by atoms with Crippen molar-refractivity contribution < 1.29 is 14.4 Å². The van der Waals surface area contributed by atoms with E-state index < -0.39 is 5.41 Å². The summed E-state index contributed by atoms with van der Waals surface area (Å²) in [4.78, 5) is 41.0. The van der Waals surface area contributed by atoms with Crippen molar-refractivity contribution in [1.82, 2.24) is 15.5 Å². The van der Waals surface area contributed by atoms with Crippen molar-refractivity contribution in [3.63, 3.8) is 0 Å². The van der Waals surface area contributed by atoms with Crippen LogP contribution in [0.15, 0.2) is 12.1 Å². The standard InChI is InChI=1S/C25H41ClN4O3.C3H8/c1-9-18(15-27-7)30(17(3)4)24(33)19-13-22(29(8)12-11-28-23(32)10-2)20(14-21(19)26)25(5,6)16-31;1-3-2/h13-14,16-18,27H,9-12,15H2,1-8H3,(H,28,32);3H2,1-2H3. The number of carbonyl (C=O) groups is 3. The molecule has 0 aliphatic heterocycles. The van der Waals surface area contributed by atoms with E-state index in [-0.39, 0.29) is 23.9 Å². The molecule has 0 fully saturated rings. The predicted octanol–water partition coefficient (Wildman–Crippen LogP) is 5.04. The SMILES string of the molecule is CCC.CCC(=O)NCCN(C)c1cc(C(=O)N(C(C)C)C(CC)CNC)c(Cl)cc1C(C)(C)C=O. The maximum absolute atomic E-state index is 13.7. The van der Waals surface area contributed by atoms with Crippen LogP contribution < -0.4 is 15.5 Å². The van der Waals surface area contributed by atoms with E-state index in [1.54, 1.807) is 19.1 Å². The lowest BCUT2D eigenvalue weighted by Gasteiger charge is -2.36. The van der Waals surface area contributed by atoms with Gasteiger partial charge >= 0.3 is 0 Å². The van der Waals surface area contributed by atoms with Crippen molar-refractivity contribution in [2.75, 3.05) is 38.6 Å². The fraction of sp³-hybridized carbons (Fsp3) is 0.679. The van der Waals surface area contributed by atoms with Gasteiger partial charge in [-0.1, -0.05) is 45.7 Å². The molecule has 1 rings (SSSR count). The zero-order valence-corrected chi connectivity index (χ0v) is 24.9. The summed E-state index contributed by atoms with van der Waals surface area (Å²) in [6.45, 7) is 17.4. The number of benzene rings is 1. The zero-order chi connectivity index (χ0) is 28.1. The molecular weight excluding hydrogens is 476 g/mol. The van der Waals surface area contributed by atoms with Gasteiger partial charge in [-0.25, -0.2) is 0 Å². The molecule has 2 amide bonds. The van der Waals surface area contributed by atoms with E-state index in [2.05, 4.69) is 31.4 Å². The number of aldehydes is 1. The molecule has 1 atom stereocenters. The van der Waals surface area contributed by atoms with Crippen molar-refractivity contribution >= 4 is 35.4 Å². The molecular formula is C28H49ClN4O3. The van der Waals surface area contributed by atoms with Gasteiger partial charge in [-0.05, 0) is 58.9 Å². The van der Waals surface area contributed by atoms with Crippen LogP contribution in [-0.2, 0) is 15.0 Å². The first-order chi connectivity index (χ1) is 16.9. The Hall–Kier alpha value is -2.12. The van der Waals surface area contributed by atoms with Crippen molar-refractivity contribution in [3.8, 4) is 0 Å². The summed E-state index contributed by atoms with van der Waals surface area (Å²) in [7, 11) is 3.76. The number of rotatable bonds is 13. The van der Waals surface area contributed by atoms with Crippen LogP contribution in [0.2, 0.25) is 5.02 Å². The molecule has 8 heteroatoms. The van der Waals surface area contributed by atoms with Crippen molar-refractivity contribution in [2.45, 2.75) is 92.2 Å². The minimum Gasteiger partial charge on any atom is -0.373 e. The van der Waals surface area contributed by atoms with E-state index in [1.165, 1.54) is 6.42 Å². The third-order valence-corrected chi connectivity index (χ3v) is 6.21. The second kappa shape index (κ2) is 16.6. The average molecular weight is 525 g/mol. The van der Waals surface area contributed by atoms with Gasteiger partial charge in [0.15, 0.2) is 0 Å². The monoisotopic (exact) mass is 524 g/mol. The van der Waals surface area contributed by atoms with Crippen LogP contribution in [0.5, 0.6) is 0 Å². The lowest BCUT2D eigenvalue weighted by atomic mass is 9.84. The number of carbonyl (C=O) groups excluding carboxylic acids is 3. The van der Waals surface area contributed by atoms with Crippen LogP contribution in [0.4, 0.5) is 5.69 Å². The first kappa shape index (κ1) is 33.9. The van der Waals surface area contributed by atoms with Crippen molar-refractivity contribution in [2.24, 2.45) is 0 Å². The highest BCUT2D eigenvalue weighted by Gasteiger charge is 2.31. The summed E-state index contributed by atoms with van der Waals surface area (Å²) in [5.74, 6) is -0.159. The van der Waals surface area contributed by atoms with E-state index in [1.807, 2.05) is 51.6 Å². The number of nitrogens with one attached hydrogen (secondary N) is 2. The number of hydrogen-bond donors (Lipinski definition) is 2. The largest absolute Gasteiger partial charge is 0.373 e. The molecule has 0 aromatic heterocycles. The van der Waals surface area contributed by atoms with Crippen molar-refractivity contribution in [3.05, 3.63) is 28.3 Å². The predicted molar refractivity (Wildman–Crippen MR) is 152 cm³/mol. The molecule has 0 radical (unpaired) electrons. The average Bonchev–Trinajstić information content (AvgIpc) is 2.83. The summed E-state index contributed by atoms with van der Waals surface area (Å²) >= 11 is 6.65. The number of hydrogen-bond acceptors (Lipinski definition) is 5. The molecule has 1 unspecified atom stereocenters. The molecule has 0 aliphatic carbocycles. The fourth-order valence-corrected chi connectivity index (χ4v) is 4.11. The quantitative estimate of drug-likeness (QED) is 0.353. The van der Waals surface area contributed by atoms with Crippen LogP contribution in [0.1, 0.15) is 90.6 Å². The number of anilines is 1. The molecule has 0 spiro atoms. The number of amides is 2. The first-order valence-electron chi connectivity index (χ1n) is 13.1. The topological polar surface area (TPSA) is 81.8 Å². The smallest absolute Gasteiger partial charge is 0.255 e. The maximum Gasteiger partial charge on any atom is 0.255 e. The van der Waals surface area contributed by atoms with Gasteiger partial charge in [0.05, 0.1) is 10.6 Å². The summed E-state index contributed by atoms with van der Waals surface area (Å²) in [5.41, 5.74) is 1.10. The van der Waals surface area contributed by atoms with Crippen LogP contribution in [0.3, 0.4) is 0 Å². The maximum atomic E-state index is 13.7. The van der Waals surface area contributed by atoms with Gasteiger partial charge in [0.25, 0.3) is 5.91 Å². The highest BCUT2D eigenvalue weighted by atomic mass is 35.5. The normalized spacial score (nSPS) is 11.9. The molecule has 0 saturated heterocycles. The van der Waals surface area contributed by atoms with E-state index in [4.69, 9.17) is 11.6 Å². The van der Waals surface area contributed by atoms with E-state index in [0.717, 1.165) is 24.0 Å². The second-order valence-corrected chi connectivity index (χ2v) is 10.4. The fourth-order valence-electron chi connectivity index (χ4n) is 3.87. The van der Waals surface area contributed by atoms with E-state index in [0.29, 0.717) is 36.6 Å². The van der Waals surface area contributed by atoms with Gasteiger partial charge in [0.2, 0.25) is 5.91 Å². The molecule has 36 heavy (non-hydrogen) atoms. The minimum atomic E-state index is -0.794. The Morgan fingerprint density at radius 2 is 1.72 bits per heavy atom. The molecule has 0 heterocycles.